The molecule has 3 nitrogen and oxygen atoms in total. The van der Waals surface area contributed by atoms with Crippen LogP contribution in [0.1, 0.15) is 26.7 Å². The first-order valence-corrected chi connectivity index (χ1v) is 5.15. The van der Waals surface area contributed by atoms with Crippen molar-refractivity contribution < 1.29 is 0 Å². The molecule has 1 rings (SSSR count). The first-order valence-electron chi connectivity index (χ1n) is 5.15. The molecule has 0 radical (unpaired) electrons. The van der Waals surface area contributed by atoms with Gasteiger partial charge in [-0.05, 0) is 18.8 Å². The van der Waals surface area contributed by atoms with Crippen LogP contribution < -0.4 is 5.32 Å². The highest BCUT2D eigenvalue weighted by atomic mass is 15.3. The second-order valence-corrected chi connectivity index (χ2v) is 3.73. The van der Waals surface area contributed by atoms with Crippen LogP contribution in [0.5, 0.6) is 0 Å². The molecule has 0 aromatic rings. The first kappa shape index (κ1) is 10.4. The van der Waals surface area contributed by atoms with Crippen molar-refractivity contribution in [3.05, 3.63) is 0 Å². The molecule has 0 aromatic carbocycles. The second kappa shape index (κ2) is 4.49. The van der Waals surface area contributed by atoms with Crippen molar-refractivity contribution in [3.63, 3.8) is 0 Å². The van der Waals surface area contributed by atoms with Crippen molar-refractivity contribution >= 4 is 5.96 Å². The van der Waals surface area contributed by atoms with Crippen molar-refractivity contribution in [3.8, 4) is 0 Å². The molecule has 0 spiro atoms. The topological polar surface area (TPSA) is 27.6 Å². The van der Waals surface area contributed by atoms with Gasteiger partial charge in [0.05, 0.1) is 0 Å². The van der Waals surface area contributed by atoms with E-state index >= 15 is 0 Å². The van der Waals surface area contributed by atoms with Crippen LogP contribution in [0.25, 0.3) is 0 Å². The highest BCUT2D eigenvalue weighted by Gasteiger charge is 2.31. The first-order chi connectivity index (χ1) is 6.24. The van der Waals surface area contributed by atoms with E-state index in [0.717, 1.165) is 18.4 Å². The summed E-state index contributed by atoms with van der Waals surface area (Å²) >= 11 is 0. The molecule has 3 heteroatoms. The third-order valence-electron chi connectivity index (χ3n) is 3.01. The Kier molecular flexibility index (Phi) is 3.58. The zero-order valence-electron chi connectivity index (χ0n) is 9.17. The Morgan fingerprint density at radius 2 is 2.31 bits per heavy atom. The Labute approximate surface area is 81.2 Å². The lowest BCUT2D eigenvalue weighted by Crippen LogP contribution is -2.43. The average Bonchev–Trinajstić information content (AvgIpc) is 2.50. The van der Waals surface area contributed by atoms with Crippen molar-refractivity contribution in [1.82, 2.24) is 10.2 Å². The Morgan fingerprint density at radius 1 is 1.62 bits per heavy atom. The number of aliphatic imine (C=N–C) groups is 1. The Morgan fingerprint density at radius 3 is 2.77 bits per heavy atom. The molecule has 0 saturated carbocycles. The molecule has 0 amide bonds. The van der Waals surface area contributed by atoms with Crippen molar-refractivity contribution in [2.45, 2.75) is 32.7 Å². The lowest BCUT2D eigenvalue weighted by Gasteiger charge is -2.28. The van der Waals surface area contributed by atoms with Gasteiger partial charge in [-0.3, -0.25) is 4.99 Å². The Bertz CT molecular complexity index is 189. The monoisotopic (exact) mass is 183 g/mol. The molecule has 1 fully saturated rings. The van der Waals surface area contributed by atoms with Gasteiger partial charge in [-0.1, -0.05) is 13.8 Å². The quantitative estimate of drug-likeness (QED) is 0.490. The van der Waals surface area contributed by atoms with E-state index in [2.05, 4.69) is 29.1 Å². The molecule has 1 saturated heterocycles. The second-order valence-electron chi connectivity index (χ2n) is 3.73. The van der Waals surface area contributed by atoms with Gasteiger partial charge in [0.15, 0.2) is 5.96 Å². The maximum atomic E-state index is 4.25. The van der Waals surface area contributed by atoms with E-state index in [0.29, 0.717) is 6.04 Å². The highest BCUT2D eigenvalue weighted by Crippen LogP contribution is 2.25. The number of likely N-dealkylation sites (tertiary alicyclic amines) is 1. The summed E-state index contributed by atoms with van der Waals surface area (Å²) in [6.45, 7) is 5.73. The van der Waals surface area contributed by atoms with Gasteiger partial charge < -0.3 is 10.2 Å². The fraction of sp³-hybridized carbons (Fsp3) is 0.900. The van der Waals surface area contributed by atoms with E-state index in [1.54, 1.807) is 0 Å². The molecule has 0 aliphatic carbocycles. The molecule has 0 aromatic heterocycles. The summed E-state index contributed by atoms with van der Waals surface area (Å²) in [6, 6.07) is 0.672. The van der Waals surface area contributed by atoms with Gasteiger partial charge in [0, 0.05) is 26.7 Å². The Balaban J connectivity index is 2.69. The minimum absolute atomic E-state index is 0.672. The normalized spacial score (nSPS) is 29.5. The van der Waals surface area contributed by atoms with E-state index in [4.69, 9.17) is 0 Å². The summed E-state index contributed by atoms with van der Waals surface area (Å²) in [4.78, 5) is 6.65. The Hall–Kier alpha value is -0.730. The zero-order chi connectivity index (χ0) is 9.84. The number of rotatable bonds is 1. The van der Waals surface area contributed by atoms with Crippen LogP contribution in [-0.4, -0.2) is 37.5 Å². The molecular formula is C10H21N3. The molecule has 2 unspecified atom stereocenters. The van der Waals surface area contributed by atoms with Gasteiger partial charge in [0.25, 0.3) is 0 Å². The predicted molar refractivity (Wildman–Crippen MR) is 57.0 cm³/mol. The molecule has 2 atom stereocenters. The minimum Gasteiger partial charge on any atom is -0.359 e. The number of hydrogen-bond acceptors (Lipinski definition) is 1. The molecule has 0 bridgehead atoms. The van der Waals surface area contributed by atoms with Crippen LogP contribution in [0.4, 0.5) is 0 Å². The number of guanidine groups is 1. The van der Waals surface area contributed by atoms with Crippen molar-refractivity contribution in [1.29, 1.82) is 0 Å². The van der Waals surface area contributed by atoms with Gasteiger partial charge in [0.2, 0.25) is 0 Å². The maximum Gasteiger partial charge on any atom is 0.193 e. The van der Waals surface area contributed by atoms with Gasteiger partial charge in [-0.2, -0.15) is 0 Å². The molecule has 76 valence electrons. The SMILES string of the molecule is CCC1C(C)CCN1C(=NC)NC. The molecular weight excluding hydrogens is 162 g/mol. The van der Waals surface area contributed by atoms with Crippen LogP contribution in [-0.2, 0) is 0 Å². The van der Waals surface area contributed by atoms with Crippen molar-refractivity contribution in [2.75, 3.05) is 20.6 Å². The molecule has 1 aliphatic heterocycles. The van der Waals surface area contributed by atoms with Crippen LogP contribution >= 0.6 is 0 Å². The summed E-state index contributed by atoms with van der Waals surface area (Å²) in [5.74, 6) is 1.84. The van der Waals surface area contributed by atoms with Gasteiger partial charge in [-0.25, -0.2) is 0 Å². The standard InChI is InChI=1S/C10H21N3/c1-5-9-8(2)6-7-13(9)10(11-3)12-4/h8-9H,5-7H2,1-4H3,(H,11,12). The van der Waals surface area contributed by atoms with Crippen molar-refractivity contribution in [2.24, 2.45) is 10.9 Å². The summed E-state index contributed by atoms with van der Waals surface area (Å²) in [6.07, 6.45) is 2.50. The van der Waals surface area contributed by atoms with E-state index in [9.17, 15) is 0 Å². The number of nitrogens with zero attached hydrogens (tertiary/aromatic N) is 2. The summed E-state index contributed by atoms with van der Waals surface area (Å²) < 4.78 is 0. The third-order valence-corrected chi connectivity index (χ3v) is 3.01. The van der Waals surface area contributed by atoms with Gasteiger partial charge in [-0.15, -0.1) is 0 Å². The number of hydrogen-bond donors (Lipinski definition) is 1. The van der Waals surface area contributed by atoms with Gasteiger partial charge >= 0.3 is 0 Å². The smallest absolute Gasteiger partial charge is 0.193 e. The third kappa shape index (κ3) is 1.95. The fourth-order valence-corrected chi connectivity index (χ4v) is 2.28. The average molecular weight is 183 g/mol. The number of nitrogens with one attached hydrogen (secondary N) is 1. The lowest BCUT2D eigenvalue weighted by atomic mass is 10.0. The van der Waals surface area contributed by atoms with Crippen LogP contribution in [0, 0.1) is 5.92 Å². The van der Waals surface area contributed by atoms with E-state index in [1.807, 2.05) is 14.1 Å². The molecule has 1 N–H and O–H groups in total. The van der Waals surface area contributed by atoms with Gasteiger partial charge in [0.1, 0.15) is 0 Å². The fourth-order valence-electron chi connectivity index (χ4n) is 2.28. The van der Waals surface area contributed by atoms with E-state index in [-0.39, 0.29) is 0 Å². The van der Waals surface area contributed by atoms with Crippen LogP contribution in [0.2, 0.25) is 0 Å². The van der Waals surface area contributed by atoms with E-state index in [1.165, 1.54) is 12.8 Å². The zero-order valence-corrected chi connectivity index (χ0v) is 9.17. The summed E-state index contributed by atoms with van der Waals surface area (Å²) in [5.41, 5.74) is 0. The minimum atomic E-state index is 0.672. The summed E-state index contributed by atoms with van der Waals surface area (Å²) in [5, 5.41) is 3.15. The lowest BCUT2D eigenvalue weighted by molar-refractivity contribution is 0.327. The predicted octanol–water partition coefficient (Wildman–Crippen LogP) is 1.31. The molecule has 1 aliphatic rings. The maximum absolute atomic E-state index is 4.25. The van der Waals surface area contributed by atoms with Crippen LogP contribution in [0.15, 0.2) is 4.99 Å². The summed E-state index contributed by atoms with van der Waals surface area (Å²) in [7, 11) is 3.79. The van der Waals surface area contributed by atoms with E-state index < -0.39 is 0 Å². The molecule has 13 heavy (non-hydrogen) atoms. The highest BCUT2D eigenvalue weighted by molar-refractivity contribution is 5.80. The molecule has 1 heterocycles. The largest absolute Gasteiger partial charge is 0.359 e. The van der Waals surface area contributed by atoms with Crippen LogP contribution in [0.3, 0.4) is 0 Å².